The second-order valence-electron chi connectivity index (χ2n) is 5.21. The predicted octanol–water partition coefficient (Wildman–Crippen LogP) is 2.25. The molecule has 2 N–H and O–H groups in total. The molecule has 0 atom stereocenters. The van der Waals surface area contributed by atoms with Crippen LogP contribution in [-0.4, -0.2) is 45.5 Å². The zero-order chi connectivity index (χ0) is 16.5. The number of methoxy groups -OCH3 is 1. The fraction of sp³-hybridized carbons (Fsp3) is 0.500. The maximum atomic E-state index is 12.2. The topological polar surface area (TPSA) is 85.9 Å². The molecule has 1 aliphatic rings. The summed E-state index contributed by atoms with van der Waals surface area (Å²) in [5, 5.41) is 5.48. The van der Waals surface area contributed by atoms with Crippen LogP contribution in [0.15, 0.2) is 24.3 Å². The van der Waals surface area contributed by atoms with Gasteiger partial charge in [0.15, 0.2) is 0 Å². The van der Waals surface area contributed by atoms with Crippen LogP contribution in [0.3, 0.4) is 0 Å². The quantitative estimate of drug-likeness (QED) is 0.785. The number of hydrogen-bond donors (Lipinski definition) is 2. The largest absolute Gasteiger partial charge is 0.447 e. The summed E-state index contributed by atoms with van der Waals surface area (Å²) in [6, 6.07) is 6.94. The minimum absolute atomic E-state index is 0.0203. The van der Waals surface area contributed by atoms with Crippen LogP contribution in [0.2, 0.25) is 0 Å². The molecule has 0 unspecified atom stereocenters. The van der Waals surface area contributed by atoms with Crippen molar-refractivity contribution in [1.82, 2.24) is 0 Å². The normalized spacial score (nSPS) is 15.0. The van der Waals surface area contributed by atoms with E-state index in [4.69, 9.17) is 14.2 Å². The van der Waals surface area contributed by atoms with Crippen molar-refractivity contribution in [3.05, 3.63) is 24.3 Å². The van der Waals surface area contributed by atoms with E-state index in [2.05, 4.69) is 10.6 Å². The van der Waals surface area contributed by atoms with Crippen molar-refractivity contribution in [2.24, 2.45) is 5.92 Å². The third-order valence-corrected chi connectivity index (χ3v) is 3.49. The Morgan fingerprint density at radius 3 is 2.57 bits per heavy atom. The molecule has 7 heteroatoms. The van der Waals surface area contributed by atoms with Gasteiger partial charge in [-0.2, -0.15) is 0 Å². The highest BCUT2D eigenvalue weighted by Gasteiger charge is 2.21. The van der Waals surface area contributed by atoms with E-state index in [0.29, 0.717) is 31.2 Å². The lowest BCUT2D eigenvalue weighted by molar-refractivity contribution is -0.122. The number of rotatable bonds is 6. The van der Waals surface area contributed by atoms with Gasteiger partial charge in [0.2, 0.25) is 5.91 Å². The summed E-state index contributed by atoms with van der Waals surface area (Å²) in [5.74, 6) is -0.0486. The number of amides is 2. The summed E-state index contributed by atoms with van der Waals surface area (Å²) in [4.78, 5) is 23.8. The van der Waals surface area contributed by atoms with Gasteiger partial charge in [-0.3, -0.25) is 10.1 Å². The molecule has 1 fully saturated rings. The summed E-state index contributed by atoms with van der Waals surface area (Å²) in [7, 11) is 1.53. The SMILES string of the molecule is COCCOC(=O)Nc1cccc(NC(=O)C2CCOCC2)c1. The van der Waals surface area contributed by atoms with Crippen molar-refractivity contribution < 1.29 is 23.8 Å². The molecule has 1 saturated heterocycles. The number of hydrogen-bond acceptors (Lipinski definition) is 5. The van der Waals surface area contributed by atoms with Crippen molar-refractivity contribution in [2.75, 3.05) is 44.2 Å². The van der Waals surface area contributed by atoms with E-state index < -0.39 is 6.09 Å². The van der Waals surface area contributed by atoms with Gasteiger partial charge in [0.05, 0.1) is 6.61 Å². The molecule has 1 heterocycles. The van der Waals surface area contributed by atoms with Gasteiger partial charge in [-0.15, -0.1) is 0 Å². The molecule has 7 nitrogen and oxygen atoms in total. The maximum Gasteiger partial charge on any atom is 0.411 e. The second kappa shape index (κ2) is 9.12. The summed E-state index contributed by atoms with van der Waals surface area (Å²) in [5.41, 5.74) is 1.19. The number of ether oxygens (including phenoxy) is 3. The highest BCUT2D eigenvalue weighted by molar-refractivity contribution is 5.93. The first-order valence-corrected chi connectivity index (χ1v) is 7.60. The molecule has 1 aromatic rings. The van der Waals surface area contributed by atoms with Crippen molar-refractivity contribution in [2.45, 2.75) is 12.8 Å². The number of carbonyl (C=O) groups excluding carboxylic acids is 2. The van der Waals surface area contributed by atoms with Crippen molar-refractivity contribution >= 4 is 23.4 Å². The van der Waals surface area contributed by atoms with Crippen LogP contribution in [0.4, 0.5) is 16.2 Å². The van der Waals surface area contributed by atoms with Crippen LogP contribution >= 0.6 is 0 Å². The first-order valence-electron chi connectivity index (χ1n) is 7.60. The van der Waals surface area contributed by atoms with E-state index in [-0.39, 0.29) is 18.4 Å². The Balaban J connectivity index is 1.86. The molecular formula is C16H22N2O5. The molecule has 0 radical (unpaired) electrons. The smallest absolute Gasteiger partial charge is 0.411 e. The van der Waals surface area contributed by atoms with Gasteiger partial charge in [0.25, 0.3) is 0 Å². The Kier molecular flexibility index (Phi) is 6.83. The van der Waals surface area contributed by atoms with Crippen molar-refractivity contribution in [3.63, 3.8) is 0 Å². The van der Waals surface area contributed by atoms with Crippen LogP contribution in [0, 0.1) is 5.92 Å². The minimum atomic E-state index is -0.560. The Morgan fingerprint density at radius 2 is 1.87 bits per heavy atom. The molecule has 1 aliphatic heterocycles. The Morgan fingerprint density at radius 1 is 1.17 bits per heavy atom. The van der Waals surface area contributed by atoms with E-state index in [9.17, 15) is 9.59 Å². The molecule has 0 spiro atoms. The molecule has 1 aromatic carbocycles. The molecule has 0 saturated carbocycles. The number of benzene rings is 1. The third kappa shape index (κ3) is 5.88. The number of nitrogens with one attached hydrogen (secondary N) is 2. The van der Waals surface area contributed by atoms with Crippen LogP contribution in [0.25, 0.3) is 0 Å². The van der Waals surface area contributed by atoms with E-state index in [0.717, 1.165) is 12.8 Å². The molecule has 0 aromatic heterocycles. The summed E-state index contributed by atoms with van der Waals surface area (Å²) in [6.07, 6.45) is 0.903. The number of carbonyl (C=O) groups is 2. The molecule has 126 valence electrons. The van der Waals surface area contributed by atoms with Crippen LogP contribution in [-0.2, 0) is 19.0 Å². The van der Waals surface area contributed by atoms with Crippen molar-refractivity contribution in [1.29, 1.82) is 0 Å². The van der Waals surface area contributed by atoms with Crippen LogP contribution < -0.4 is 10.6 Å². The van der Waals surface area contributed by atoms with E-state index in [1.54, 1.807) is 24.3 Å². The van der Waals surface area contributed by atoms with Gasteiger partial charge in [-0.05, 0) is 31.0 Å². The average molecular weight is 322 g/mol. The maximum absolute atomic E-state index is 12.2. The standard InChI is InChI=1S/C16H22N2O5/c1-21-9-10-23-16(20)18-14-4-2-3-13(11-14)17-15(19)12-5-7-22-8-6-12/h2-4,11-12H,5-10H2,1H3,(H,17,19)(H,18,20). The van der Waals surface area contributed by atoms with Gasteiger partial charge in [-0.1, -0.05) is 6.07 Å². The zero-order valence-corrected chi connectivity index (χ0v) is 13.2. The minimum Gasteiger partial charge on any atom is -0.447 e. The lowest BCUT2D eigenvalue weighted by Gasteiger charge is -2.21. The summed E-state index contributed by atoms with van der Waals surface area (Å²) < 4.78 is 15.0. The lowest BCUT2D eigenvalue weighted by Crippen LogP contribution is -2.28. The van der Waals surface area contributed by atoms with E-state index >= 15 is 0 Å². The average Bonchev–Trinajstić information content (AvgIpc) is 2.56. The second-order valence-corrected chi connectivity index (χ2v) is 5.21. The van der Waals surface area contributed by atoms with Gasteiger partial charge in [-0.25, -0.2) is 4.79 Å². The molecule has 0 bridgehead atoms. The predicted molar refractivity (Wildman–Crippen MR) is 85.5 cm³/mol. The lowest BCUT2D eigenvalue weighted by atomic mass is 9.99. The van der Waals surface area contributed by atoms with Gasteiger partial charge in [0, 0.05) is 37.6 Å². The van der Waals surface area contributed by atoms with Crippen LogP contribution in [0.5, 0.6) is 0 Å². The fourth-order valence-electron chi connectivity index (χ4n) is 2.25. The molecule has 23 heavy (non-hydrogen) atoms. The number of anilines is 2. The third-order valence-electron chi connectivity index (χ3n) is 3.49. The Hall–Kier alpha value is -2.12. The van der Waals surface area contributed by atoms with E-state index in [1.165, 1.54) is 7.11 Å². The van der Waals surface area contributed by atoms with E-state index in [1.807, 2.05) is 0 Å². The van der Waals surface area contributed by atoms with Gasteiger partial charge < -0.3 is 19.5 Å². The summed E-state index contributed by atoms with van der Waals surface area (Å²) in [6.45, 7) is 1.76. The Bertz CT molecular complexity index is 529. The van der Waals surface area contributed by atoms with Crippen molar-refractivity contribution in [3.8, 4) is 0 Å². The first kappa shape index (κ1) is 17.2. The summed E-state index contributed by atoms with van der Waals surface area (Å²) >= 11 is 0. The molecular weight excluding hydrogens is 300 g/mol. The van der Waals surface area contributed by atoms with Crippen LogP contribution in [0.1, 0.15) is 12.8 Å². The molecule has 0 aliphatic carbocycles. The zero-order valence-electron chi connectivity index (χ0n) is 13.2. The van der Waals surface area contributed by atoms with Gasteiger partial charge in [0.1, 0.15) is 6.61 Å². The highest BCUT2D eigenvalue weighted by atomic mass is 16.6. The first-order chi connectivity index (χ1) is 11.2. The van der Waals surface area contributed by atoms with Gasteiger partial charge >= 0.3 is 6.09 Å². The molecule has 2 rings (SSSR count). The highest BCUT2D eigenvalue weighted by Crippen LogP contribution is 2.20. The monoisotopic (exact) mass is 322 g/mol. The fourth-order valence-corrected chi connectivity index (χ4v) is 2.25. The Labute approximate surface area is 135 Å². The molecule has 2 amide bonds.